The van der Waals surface area contributed by atoms with E-state index in [0.717, 1.165) is 11.1 Å². The first-order chi connectivity index (χ1) is 11.2. The van der Waals surface area contributed by atoms with Gasteiger partial charge in [-0.05, 0) is 44.9 Å². The van der Waals surface area contributed by atoms with E-state index >= 15 is 0 Å². The van der Waals surface area contributed by atoms with Crippen molar-refractivity contribution in [3.8, 4) is 0 Å². The van der Waals surface area contributed by atoms with Gasteiger partial charge in [-0.25, -0.2) is 8.42 Å². The minimum atomic E-state index is -3.48. The highest BCUT2D eigenvalue weighted by Crippen LogP contribution is 2.22. The average molecular weight is 353 g/mol. The van der Waals surface area contributed by atoms with Crippen molar-refractivity contribution in [2.24, 2.45) is 0 Å². The third kappa shape index (κ3) is 4.55. The summed E-state index contributed by atoms with van der Waals surface area (Å²) in [7, 11) is -3.48. The molecular formula is C17H27N3O3S. The monoisotopic (exact) mass is 353 g/mol. The largest absolute Gasteiger partial charge is 0.353 e. The van der Waals surface area contributed by atoms with Crippen LogP contribution in [0, 0.1) is 13.8 Å². The zero-order valence-corrected chi connectivity index (χ0v) is 15.7. The predicted molar refractivity (Wildman–Crippen MR) is 94.4 cm³/mol. The molecule has 1 aromatic carbocycles. The molecule has 1 fully saturated rings. The number of nitrogens with one attached hydrogen (secondary N) is 1. The molecule has 24 heavy (non-hydrogen) atoms. The molecule has 0 saturated carbocycles. The first-order valence-corrected chi connectivity index (χ1v) is 9.73. The van der Waals surface area contributed by atoms with Crippen LogP contribution < -0.4 is 5.32 Å². The van der Waals surface area contributed by atoms with Crippen LogP contribution in [0.2, 0.25) is 0 Å². The molecule has 0 unspecified atom stereocenters. The second-order valence-corrected chi connectivity index (χ2v) is 8.58. The van der Waals surface area contributed by atoms with Crippen molar-refractivity contribution < 1.29 is 13.2 Å². The molecular weight excluding hydrogens is 326 g/mol. The summed E-state index contributed by atoms with van der Waals surface area (Å²) >= 11 is 0. The number of carbonyl (C=O) groups excluding carboxylic acids is 1. The van der Waals surface area contributed by atoms with E-state index in [-0.39, 0.29) is 11.9 Å². The lowest BCUT2D eigenvalue weighted by Gasteiger charge is -2.34. The van der Waals surface area contributed by atoms with Gasteiger partial charge in [0.15, 0.2) is 0 Å². The average Bonchev–Trinajstić information content (AvgIpc) is 2.49. The molecule has 1 amide bonds. The minimum Gasteiger partial charge on any atom is -0.353 e. The highest BCUT2D eigenvalue weighted by molar-refractivity contribution is 7.89. The molecule has 1 aliphatic rings. The number of benzene rings is 1. The molecule has 1 N–H and O–H groups in total. The summed E-state index contributed by atoms with van der Waals surface area (Å²) in [6, 6.07) is 5.60. The number of hydrogen-bond acceptors (Lipinski definition) is 4. The van der Waals surface area contributed by atoms with E-state index in [1.807, 2.05) is 44.7 Å². The van der Waals surface area contributed by atoms with Crippen LogP contribution in [0.15, 0.2) is 23.1 Å². The lowest BCUT2D eigenvalue weighted by Crippen LogP contribution is -2.51. The van der Waals surface area contributed by atoms with Crippen molar-refractivity contribution >= 4 is 15.9 Å². The van der Waals surface area contributed by atoms with Crippen molar-refractivity contribution in [3.63, 3.8) is 0 Å². The highest BCUT2D eigenvalue weighted by atomic mass is 32.2. The summed E-state index contributed by atoms with van der Waals surface area (Å²) in [6.45, 7) is 9.82. The Bertz CT molecular complexity index is 693. The van der Waals surface area contributed by atoms with Crippen LogP contribution in [0.1, 0.15) is 25.0 Å². The van der Waals surface area contributed by atoms with Crippen LogP contribution in [0.4, 0.5) is 0 Å². The summed E-state index contributed by atoms with van der Waals surface area (Å²) in [5, 5.41) is 2.86. The van der Waals surface area contributed by atoms with Gasteiger partial charge >= 0.3 is 0 Å². The van der Waals surface area contributed by atoms with E-state index < -0.39 is 10.0 Å². The van der Waals surface area contributed by atoms with Gasteiger partial charge in [-0.2, -0.15) is 4.31 Å². The molecule has 1 heterocycles. The zero-order valence-electron chi connectivity index (χ0n) is 14.9. The van der Waals surface area contributed by atoms with Gasteiger partial charge in [-0.15, -0.1) is 0 Å². The smallest absolute Gasteiger partial charge is 0.243 e. The van der Waals surface area contributed by atoms with Crippen LogP contribution in [0.25, 0.3) is 0 Å². The maximum atomic E-state index is 12.9. The fourth-order valence-electron chi connectivity index (χ4n) is 2.82. The molecule has 1 saturated heterocycles. The Morgan fingerprint density at radius 1 is 1.17 bits per heavy atom. The van der Waals surface area contributed by atoms with Gasteiger partial charge in [0, 0.05) is 32.2 Å². The summed E-state index contributed by atoms with van der Waals surface area (Å²) in [4.78, 5) is 14.2. The first-order valence-electron chi connectivity index (χ1n) is 8.29. The van der Waals surface area contributed by atoms with Gasteiger partial charge in [0.25, 0.3) is 0 Å². The summed E-state index contributed by atoms with van der Waals surface area (Å²) in [5.41, 5.74) is 1.70. The maximum absolute atomic E-state index is 12.9. The van der Waals surface area contributed by atoms with E-state index in [9.17, 15) is 13.2 Å². The minimum absolute atomic E-state index is 0.0177. The second-order valence-electron chi connectivity index (χ2n) is 6.67. The molecule has 0 spiro atoms. The predicted octanol–water partition coefficient (Wildman–Crippen LogP) is 1.13. The van der Waals surface area contributed by atoms with Crippen molar-refractivity contribution in [1.29, 1.82) is 0 Å². The van der Waals surface area contributed by atoms with Crippen LogP contribution in [-0.4, -0.2) is 62.3 Å². The van der Waals surface area contributed by atoms with Crippen molar-refractivity contribution in [3.05, 3.63) is 29.3 Å². The van der Waals surface area contributed by atoms with E-state index in [0.29, 0.717) is 37.6 Å². The first kappa shape index (κ1) is 18.9. The Labute approximate surface area is 144 Å². The highest BCUT2D eigenvalue weighted by Gasteiger charge is 2.30. The lowest BCUT2D eigenvalue weighted by atomic mass is 10.2. The van der Waals surface area contributed by atoms with Crippen LogP contribution in [-0.2, 0) is 14.8 Å². The van der Waals surface area contributed by atoms with Crippen molar-refractivity contribution in [2.45, 2.75) is 38.6 Å². The number of aryl methyl sites for hydroxylation is 2. The fraction of sp³-hybridized carbons (Fsp3) is 0.588. The number of sulfonamides is 1. The standard InChI is InChI=1S/C17H27N3O3S/c1-13(2)18-17(21)12-19-7-9-20(10-8-19)24(22,23)16-11-14(3)5-6-15(16)4/h5-6,11,13H,7-10,12H2,1-4H3,(H,18,21). The summed E-state index contributed by atoms with van der Waals surface area (Å²) in [5.74, 6) is -0.0177. The SMILES string of the molecule is Cc1ccc(C)c(S(=O)(=O)N2CCN(CC(=O)NC(C)C)CC2)c1. The van der Waals surface area contributed by atoms with E-state index in [2.05, 4.69) is 5.32 Å². The molecule has 7 heteroatoms. The molecule has 0 radical (unpaired) electrons. The van der Waals surface area contributed by atoms with Crippen molar-refractivity contribution in [1.82, 2.24) is 14.5 Å². The Kier molecular flexibility index (Phi) is 6.01. The molecule has 2 rings (SSSR count). The molecule has 6 nitrogen and oxygen atoms in total. The second kappa shape index (κ2) is 7.63. The Morgan fingerprint density at radius 2 is 1.79 bits per heavy atom. The van der Waals surface area contributed by atoms with E-state index in [1.165, 1.54) is 4.31 Å². The quantitative estimate of drug-likeness (QED) is 0.862. The summed E-state index contributed by atoms with van der Waals surface area (Å²) in [6.07, 6.45) is 0. The molecule has 0 bridgehead atoms. The number of carbonyl (C=O) groups is 1. The van der Waals surface area contributed by atoms with Gasteiger partial charge in [-0.3, -0.25) is 9.69 Å². The maximum Gasteiger partial charge on any atom is 0.243 e. The number of hydrogen-bond donors (Lipinski definition) is 1. The summed E-state index contributed by atoms with van der Waals surface area (Å²) < 4.78 is 27.2. The molecule has 1 aromatic rings. The molecule has 0 aromatic heterocycles. The molecule has 1 aliphatic heterocycles. The number of amides is 1. The topological polar surface area (TPSA) is 69.7 Å². The number of nitrogens with zero attached hydrogens (tertiary/aromatic N) is 2. The Hall–Kier alpha value is -1.44. The van der Waals surface area contributed by atoms with E-state index in [1.54, 1.807) is 6.07 Å². The third-order valence-corrected chi connectivity index (χ3v) is 6.15. The Morgan fingerprint density at radius 3 is 2.38 bits per heavy atom. The van der Waals surface area contributed by atoms with Crippen LogP contribution >= 0.6 is 0 Å². The van der Waals surface area contributed by atoms with Crippen LogP contribution in [0.3, 0.4) is 0 Å². The van der Waals surface area contributed by atoms with Crippen LogP contribution in [0.5, 0.6) is 0 Å². The van der Waals surface area contributed by atoms with E-state index in [4.69, 9.17) is 0 Å². The van der Waals surface area contributed by atoms with Gasteiger partial charge < -0.3 is 5.32 Å². The molecule has 0 aliphatic carbocycles. The molecule has 0 atom stereocenters. The number of piperazine rings is 1. The van der Waals surface area contributed by atoms with Gasteiger partial charge in [0.2, 0.25) is 15.9 Å². The van der Waals surface area contributed by atoms with Gasteiger partial charge in [0.1, 0.15) is 0 Å². The lowest BCUT2D eigenvalue weighted by molar-refractivity contribution is -0.123. The van der Waals surface area contributed by atoms with Gasteiger partial charge in [0.05, 0.1) is 11.4 Å². The zero-order chi connectivity index (χ0) is 17.9. The van der Waals surface area contributed by atoms with Crippen molar-refractivity contribution in [2.75, 3.05) is 32.7 Å². The number of rotatable bonds is 5. The van der Waals surface area contributed by atoms with Gasteiger partial charge in [-0.1, -0.05) is 12.1 Å². The fourth-order valence-corrected chi connectivity index (χ4v) is 4.55. The third-order valence-electron chi connectivity index (χ3n) is 4.11. The molecule has 134 valence electrons. The normalized spacial score (nSPS) is 17.2. The Balaban J connectivity index is 2.01.